The lowest BCUT2D eigenvalue weighted by Gasteiger charge is -2.03. The Morgan fingerprint density at radius 3 is 2.92 bits per heavy atom. The Bertz CT molecular complexity index is 195. The van der Waals surface area contributed by atoms with Crippen molar-refractivity contribution in [1.29, 1.82) is 0 Å². The topological polar surface area (TPSA) is 42.7 Å². The van der Waals surface area contributed by atoms with Crippen molar-refractivity contribution in [2.24, 2.45) is 0 Å². The van der Waals surface area contributed by atoms with Crippen LogP contribution in [0.5, 0.6) is 0 Å². The fraction of sp³-hybridized carbons (Fsp3) is 0.778. The van der Waals surface area contributed by atoms with Gasteiger partial charge in [-0.3, -0.25) is 4.68 Å². The lowest BCUT2D eigenvalue weighted by Crippen LogP contribution is -2.21. The van der Waals surface area contributed by atoms with Crippen molar-refractivity contribution in [2.45, 2.75) is 32.7 Å². The summed E-state index contributed by atoms with van der Waals surface area (Å²) in [5, 5.41) is 11.0. The van der Waals surface area contributed by atoms with Gasteiger partial charge in [-0.1, -0.05) is 25.0 Å². The molecule has 0 aliphatic heterocycles. The van der Waals surface area contributed by atoms with E-state index in [1.54, 1.807) is 6.20 Å². The average Bonchev–Trinajstić information content (AvgIpc) is 2.63. The molecule has 1 aromatic heterocycles. The van der Waals surface area contributed by atoms with Crippen LogP contribution >= 0.6 is 0 Å². The van der Waals surface area contributed by atoms with Crippen LogP contribution < -0.4 is 5.32 Å². The lowest BCUT2D eigenvalue weighted by molar-refractivity contribution is 0.528. The summed E-state index contributed by atoms with van der Waals surface area (Å²) in [6.07, 6.45) is 7.46. The van der Waals surface area contributed by atoms with E-state index in [4.69, 9.17) is 0 Å². The Balaban J connectivity index is 1.90. The maximum absolute atomic E-state index is 3.88. The normalized spacial score (nSPS) is 10.5. The quantitative estimate of drug-likeness (QED) is 0.641. The van der Waals surface area contributed by atoms with Gasteiger partial charge in [0.05, 0.1) is 12.7 Å². The van der Waals surface area contributed by atoms with Crippen LogP contribution in [0, 0.1) is 0 Å². The van der Waals surface area contributed by atoms with Crippen molar-refractivity contribution in [2.75, 3.05) is 13.1 Å². The van der Waals surface area contributed by atoms with Crippen LogP contribution in [-0.2, 0) is 6.54 Å². The summed E-state index contributed by atoms with van der Waals surface area (Å²) in [6, 6.07) is 0. The number of hydrogen-bond donors (Lipinski definition) is 1. The Kier molecular flexibility index (Phi) is 5.17. The van der Waals surface area contributed by atoms with Gasteiger partial charge in [-0.25, -0.2) is 0 Å². The first-order chi connectivity index (χ1) is 6.43. The zero-order valence-electron chi connectivity index (χ0n) is 8.24. The molecule has 1 N–H and O–H groups in total. The molecule has 0 saturated heterocycles. The van der Waals surface area contributed by atoms with Gasteiger partial charge in [0.1, 0.15) is 0 Å². The molecule has 0 radical (unpaired) electrons. The standard InChI is InChI=1S/C9H18N4/c1-2-3-4-5-10-6-8-13-9-7-11-12-13/h7,9-10H,2-6,8H2,1H3. The third kappa shape index (κ3) is 4.62. The zero-order chi connectivity index (χ0) is 9.36. The molecule has 1 heterocycles. The Morgan fingerprint density at radius 2 is 2.23 bits per heavy atom. The van der Waals surface area contributed by atoms with Gasteiger partial charge in [0.2, 0.25) is 0 Å². The highest BCUT2D eigenvalue weighted by Gasteiger charge is 1.90. The second kappa shape index (κ2) is 6.60. The Labute approximate surface area is 79.3 Å². The zero-order valence-corrected chi connectivity index (χ0v) is 8.24. The summed E-state index contributed by atoms with van der Waals surface area (Å²) >= 11 is 0. The number of aromatic nitrogens is 3. The highest BCUT2D eigenvalue weighted by atomic mass is 15.4. The van der Waals surface area contributed by atoms with Gasteiger partial charge < -0.3 is 5.32 Å². The maximum atomic E-state index is 3.88. The molecule has 0 amide bonds. The summed E-state index contributed by atoms with van der Waals surface area (Å²) in [5.41, 5.74) is 0. The van der Waals surface area contributed by atoms with Crippen LogP contribution in [0.1, 0.15) is 26.2 Å². The molecule has 4 nitrogen and oxygen atoms in total. The molecule has 0 unspecified atom stereocenters. The van der Waals surface area contributed by atoms with Gasteiger partial charge >= 0.3 is 0 Å². The van der Waals surface area contributed by atoms with Crippen molar-refractivity contribution in [3.63, 3.8) is 0 Å². The second-order valence-corrected chi connectivity index (χ2v) is 3.12. The average molecular weight is 182 g/mol. The van der Waals surface area contributed by atoms with E-state index >= 15 is 0 Å². The van der Waals surface area contributed by atoms with Gasteiger partial charge in [0, 0.05) is 12.7 Å². The van der Waals surface area contributed by atoms with E-state index in [0.29, 0.717) is 0 Å². The monoisotopic (exact) mass is 182 g/mol. The minimum Gasteiger partial charge on any atom is -0.315 e. The van der Waals surface area contributed by atoms with Crippen molar-refractivity contribution in [3.8, 4) is 0 Å². The molecule has 0 saturated carbocycles. The van der Waals surface area contributed by atoms with Crippen LogP contribution in [0.4, 0.5) is 0 Å². The highest BCUT2D eigenvalue weighted by molar-refractivity contribution is 4.64. The fourth-order valence-electron chi connectivity index (χ4n) is 1.17. The number of nitrogens with zero attached hydrogens (tertiary/aromatic N) is 3. The fourth-order valence-corrected chi connectivity index (χ4v) is 1.17. The number of rotatable bonds is 7. The van der Waals surface area contributed by atoms with E-state index in [1.807, 2.05) is 10.9 Å². The summed E-state index contributed by atoms with van der Waals surface area (Å²) in [5.74, 6) is 0. The molecule has 0 bridgehead atoms. The molecular weight excluding hydrogens is 164 g/mol. The minimum absolute atomic E-state index is 0.909. The molecule has 0 atom stereocenters. The largest absolute Gasteiger partial charge is 0.315 e. The van der Waals surface area contributed by atoms with Crippen LogP contribution in [0.3, 0.4) is 0 Å². The third-order valence-corrected chi connectivity index (χ3v) is 1.95. The van der Waals surface area contributed by atoms with E-state index in [-0.39, 0.29) is 0 Å². The minimum atomic E-state index is 0.909. The molecular formula is C9H18N4. The lowest BCUT2D eigenvalue weighted by atomic mass is 10.2. The Hall–Kier alpha value is -0.900. The van der Waals surface area contributed by atoms with E-state index in [1.165, 1.54) is 19.3 Å². The molecule has 0 fully saturated rings. The molecule has 0 aliphatic rings. The number of hydrogen-bond acceptors (Lipinski definition) is 3. The van der Waals surface area contributed by atoms with Gasteiger partial charge in [-0.05, 0) is 13.0 Å². The number of nitrogens with one attached hydrogen (secondary N) is 1. The predicted octanol–water partition coefficient (Wildman–Crippen LogP) is 1.06. The molecule has 1 aromatic rings. The van der Waals surface area contributed by atoms with Crippen LogP contribution in [-0.4, -0.2) is 28.1 Å². The van der Waals surface area contributed by atoms with Crippen molar-refractivity contribution < 1.29 is 0 Å². The maximum Gasteiger partial charge on any atom is 0.0692 e. The molecule has 74 valence electrons. The summed E-state index contributed by atoms with van der Waals surface area (Å²) < 4.78 is 1.84. The predicted molar refractivity (Wildman–Crippen MR) is 52.4 cm³/mol. The first-order valence-corrected chi connectivity index (χ1v) is 4.98. The molecule has 0 aliphatic carbocycles. The molecule has 4 heteroatoms. The highest BCUT2D eigenvalue weighted by Crippen LogP contribution is 1.90. The summed E-state index contributed by atoms with van der Waals surface area (Å²) in [6.45, 7) is 5.22. The smallest absolute Gasteiger partial charge is 0.0692 e. The molecule has 13 heavy (non-hydrogen) atoms. The SMILES string of the molecule is CCCCCNCCn1ccnn1. The van der Waals surface area contributed by atoms with Crippen molar-refractivity contribution >= 4 is 0 Å². The number of unbranched alkanes of at least 4 members (excludes halogenated alkanes) is 2. The first-order valence-electron chi connectivity index (χ1n) is 4.98. The van der Waals surface area contributed by atoms with Crippen molar-refractivity contribution in [1.82, 2.24) is 20.3 Å². The summed E-state index contributed by atoms with van der Waals surface area (Å²) in [7, 11) is 0. The van der Waals surface area contributed by atoms with Crippen LogP contribution in [0.25, 0.3) is 0 Å². The molecule has 0 spiro atoms. The van der Waals surface area contributed by atoms with Crippen LogP contribution in [0.2, 0.25) is 0 Å². The van der Waals surface area contributed by atoms with Crippen LogP contribution in [0.15, 0.2) is 12.4 Å². The summed E-state index contributed by atoms with van der Waals surface area (Å²) in [4.78, 5) is 0. The van der Waals surface area contributed by atoms with E-state index in [9.17, 15) is 0 Å². The second-order valence-electron chi connectivity index (χ2n) is 3.12. The van der Waals surface area contributed by atoms with E-state index in [0.717, 1.165) is 19.6 Å². The third-order valence-electron chi connectivity index (χ3n) is 1.95. The van der Waals surface area contributed by atoms with Gasteiger partial charge in [0.25, 0.3) is 0 Å². The van der Waals surface area contributed by atoms with E-state index < -0.39 is 0 Å². The van der Waals surface area contributed by atoms with Crippen molar-refractivity contribution in [3.05, 3.63) is 12.4 Å². The van der Waals surface area contributed by atoms with Gasteiger partial charge in [0.15, 0.2) is 0 Å². The van der Waals surface area contributed by atoms with Gasteiger partial charge in [-0.2, -0.15) is 0 Å². The Morgan fingerprint density at radius 1 is 1.31 bits per heavy atom. The first kappa shape index (κ1) is 10.2. The van der Waals surface area contributed by atoms with E-state index in [2.05, 4.69) is 22.6 Å². The molecule has 1 rings (SSSR count). The molecule has 0 aromatic carbocycles. The van der Waals surface area contributed by atoms with Gasteiger partial charge in [-0.15, -0.1) is 5.10 Å².